The number of hydrogen-bond acceptors (Lipinski definition) is 6. The average Bonchev–Trinajstić information content (AvgIpc) is 2.47. The number of nitrogens with zero attached hydrogens (tertiary/aromatic N) is 3. The van der Waals surface area contributed by atoms with Crippen molar-refractivity contribution >= 4 is 17.7 Å². The van der Waals surface area contributed by atoms with Crippen LogP contribution in [0, 0.1) is 5.92 Å². The Bertz CT molecular complexity index is 503. The lowest BCUT2D eigenvalue weighted by atomic mass is 9.93. The zero-order valence-corrected chi connectivity index (χ0v) is 11.6. The first-order chi connectivity index (χ1) is 9.52. The Morgan fingerprint density at radius 2 is 2.10 bits per heavy atom. The number of primary amides is 1. The van der Waals surface area contributed by atoms with E-state index in [0.29, 0.717) is 12.4 Å². The molecule has 0 spiro atoms. The molecule has 20 heavy (non-hydrogen) atoms. The van der Waals surface area contributed by atoms with Crippen LogP contribution in [-0.4, -0.2) is 41.5 Å². The molecule has 1 amide bonds. The number of ether oxygens (including phenoxy) is 1. The molecule has 1 aliphatic heterocycles. The maximum absolute atomic E-state index is 11.3. The minimum absolute atomic E-state index is 0.160. The Hall–Kier alpha value is -2.18. The second-order valence-electron chi connectivity index (χ2n) is 4.93. The summed E-state index contributed by atoms with van der Waals surface area (Å²) in [4.78, 5) is 32.9. The maximum atomic E-state index is 11.3. The van der Waals surface area contributed by atoms with Gasteiger partial charge in [0.1, 0.15) is 5.82 Å². The summed E-state index contributed by atoms with van der Waals surface area (Å²) in [6.07, 6.45) is 4.56. The van der Waals surface area contributed by atoms with Crippen molar-refractivity contribution in [1.29, 1.82) is 0 Å². The lowest BCUT2D eigenvalue weighted by Crippen LogP contribution is -2.46. The number of aromatic nitrogens is 2. The van der Waals surface area contributed by atoms with Crippen LogP contribution >= 0.6 is 0 Å². The topological polar surface area (TPSA) is 98.4 Å². The second-order valence-corrected chi connectivity index (χ2v) is 4.93. The molecule has 0 saturated carbocycles. The van der Waals surface area contributed by atoms with E-state index >= 15 is 0 Å². The fourth-order valence-electron chi connectivity index (χ4n) is 2.34. The van der Waals surface area contributed by atoms with Gasteiger partial charge in [0, 0.05) is 12.6 Å². The zero-order valence-electron chi connectivity index (χ0n) is 11.6. The number of piperidine rings is 1. The highest BCUT2D eigenvalue weighted by Gasteiger charge is 2.29. The molecule has 2 unspecified atom stereocenters. The lowest BCUT2D eigenvalue weighted by Gasteiger charge is -2.37. The Labute approximate surface area is 117 Å². The minimum atomic E-state index is -0.522. The van der Waals surface area contributed by atoms with Gasteiger partial charge in [-0.1, -0.05) is 0 Å². The first kappa shape index (κ1) is 14.2. The number of esters is 1. The molecule has 1 saturated heterocycles. The average molecular weight is 278 g/mol. The molecule has 2 atom stereocenters. The highest BCUT2D eigenvalue weighted by atomic mass is 16.5. The summed E-state index contributed by atoms with van der Waals surface area (Å²) < 4.78 is 4.58. The van der Waals surface area contributed by atoms with Gasteiger partial charge in [0.2, 0.25) is 5.91 Å². The predicted octanol–water partition coefficient (Wildman–Crippen LogP) is 0.353. The number of hydrogen-bond donors (Lipinski definition) is 1. The molecule has 2 N–H and O–H groups in total. The van der Waals surface area contributed by atoms with E-state index in [4.69, 9.17) is 5.73 Å². The Balaban J connectivity index is 2.16. The number of amides is 1. The van der Waals surface area contributed by atoms with E-state index in [2.05, 4.69) is 21.6 Å². The quantitative estimate of drug-likeness (QED) is 0.801. The van der Waals surface area contributed by atoms with E-state index in [1.807, 2.05) is 4.90 Å². The monoisotopic (exact) mass is 278 g/mol. The zero-order chi connectivity index (χ0) is 14.7. The number of carbonyl (C=O) groups excluding carboxylic acids is 2. The molecule has 0 aliphatic carbocycles. The highest BCUT2D eigenvalue weighted by Crippen LogP contribution is 2.25. The molecule has 0 radical (unpaired) electrons. The van der Waals surface area contributed by atoms with Crippen molar-refractivity contribution in [2.24, 2.45) is 11.7 Å². The maximum Gasteiger partial charge on any atom is 0.358 e. The third-order valence-corrected chi connectivity index (χ3v) is 3.61. The summed E-state index contributed by atoms with van der Waals surface area (Å²) in [5, 5.41) is 0. The Morgan fingerprint density at radius 3 is 2.65 bits per heavy atom. The smallest absolute Gasteiger partial charge is 0.358 e. The van der Waals surface area contributed by atoms with Crippen molar-refractivity contribution in [3.8, 4) is 0 Å². The van der Waals surface area contributed by atoms with Crippen molar-refractivity contribution in [1.82, 2.24) is 9.97 Å². The van der Waals surface area contributed by atoms with Gasteiger partial charge >= 0.3 is 5.97 Å². The molecular formula is C13H18N4O3. The lowest BCUT2D eigenvalue weighted by molar-refractivity contribution is -0.122. The Morgan fingerprint density at radius 1 is 1.35 bits per heavy atom. The molecule has 1 aromatic heterocycles. The van der Waals surface area contributed by atoms with E-state index in [-0.39, 0.29) is 23.6 Å². The van der Waals surface area contributed by atoms with Gasteiger partial charge in [0.05, 0.1) is 25.4 Å². The molecular weight excluding hydrogens is 260 g/mol. The van der Waals surface area contributed by atoms with Crippen LogP contribution in [0.5, 0.6) is 0 Å². The summed E-state index contributed by atoms with van der Waals surface area (Å²) in [5.41, 5.74) is 5.53. The molecule has 1 aromatic rings. The van der Waals surface area contributed by atoms with Crippen molar-refractivity contribution in [2.75, 3.05) is 18.6 Å². The van der Waals surface area contributed by atoms with Crippen molar-refractivity contribution in [3.63, 3.8) is 0 Å². The second kappa shape index (κ2) is 5.85. The molecule has 108 valence electrons. The van der Waals surface area contributed by atoms with Gasteiger partial charge in [-0.15, -0.1) is 0 Å². The van der Waals surface area contributed by atoms with Gasteiger partial charge in [0.15, 0.2) is 5.69 Å². The molecule has 2 rings (SSSR count). The summed E-state index contributed by atoms with van der Waals surface area (Å²) in [5.74, 6) is -0.351. The van der Waals surface area contributed by atoms with Crippen LogP contribution in [-0.2, 0) is 9.53 Å². The molecule has 0 aromatic carbocycles. The van der Waals surface area contributed by atoms with Gasteiger partial charge in [-0.3, -0.25) is 4.79 Å². The van der Waals surface area contributed by atoms with Crippen LogP contribution in [0.15, 0.2) is 12.4 Å². The van der Waals surface area contributed by atoms with E-state index in [1.165, 1.54) is 19.5 Å². The number of nitrogens with two attached hydrogens (primary N) is 1. The first-order valence-electron chi connectivity index (χ1n) is 6.49. The van der Waals surface area contributed by atoms with Crippen LogP contribution in [0.1, 0.15) is 30.3 Å². The van der Waals surface area contributed by atoms with Gasteiger partial charge in [0.25, 0.3) is 0 Å². The van der Waals surface area contributed by atoms with Crippen LogP contribution in [0.3, 0.4) is 0 Å². The third kappa shape index (κ3) is 2.87. The molecule has 7 nitrogen and oxygen atoms in total. The van der Waals surface area contributed by atoms with Crippen molar-refractivity contribution in [2.45, 2.75) is 25.8 Å². The summed E-state index contributed by atoms with van der Waals surface area (Å²) in [6.45, 7) is 2.59. The fraction of sp³-hybridized carbons (Fsp3) is 0.538. The number of anilines is 1. The Kier molecular flexibility index (Phi) is 4.16. The van der Waals surface area contributed by atoms with Crippen LogP contribution in [0.4, 0.5) is 5.82 Å². The number of methoxy groups -OCH3 is 1. The van der Waals surface area contributed by atoms with Crippen LogP contribution in [0.25, 0.3) is 0 Å². The van der Waals surface area contributed by atoms with Crippen molar-refractivity contribution in [3.05, 3.63) is 18.1 Å². The van der Waals surface area contributed by atoms with Gasteiger partial charge in [-0.25, -0.2) is 14.8 Å². The highest BCUT2D eigenvalue weighted by molar-refractivity contribution is 5.86. The molecule has 1 aliphatic rings. The summed E-state index contributed by atoms with van der Waals surface area (Å²) in [7, 11) is 1.29. The predicted molar refractivity (Wildman–Crippen MR) is 72.1 cm³/mol. The van der Waals surface area contributed by atoms with Crippen LogP contribution < -0.4 is 10.6 Å². The number of carbonyl (C=O) groups is 2. The summed E-state index contributed by atoms with van der Waals surface area (Å²) >= 11 is 0. The van der Waals surface area contributed by atoms with E-state index < -0.39 is 5.97 Å². The number of rotatable bonds is 3. The molecule has 2 heterocycles. The van der Waals surface area contributed by atoms with Crippen molar-refractivity contribution < 1.29 is 14.3 Å². The van der Waals surface area contributed by atoms with Crippen LogP contribution in [0.2, 0.25) is 0 Å². The molecule has 0 bridgehead atoms. The minimum Gasteiger partial charge on any atom is -0.464 e. The van der Waals surface area contributed by atoms with Gasteiger partial charge in [-0.05, 0) is 19.8 Å². The molecule has 7 heteroatoms. The molecule has 1 fully saturated rings. The van der Waals surface area contributed by atoms with E-state index in [1.54, 1.807) is 0 Å². The van der Waals surface area contributed by atoms with E-state index in [9.17, 15) is 9.59 Å². The standard InChI is InChI=1S/C13H18N4O3/c1-8-3-4-9(12(14)18)7-17(8)11-6-15-10(5-16-11)13(19)20-2/h5-6,8-9H,3-4,7H2,1-2H3,(H2,14,18). The van der Waals surface area contributed by atoms with Gasteiger partial charge < -0.3 is 15.4 Å². The SMILES string of the molecule is COC(=O)c1cnc(N2CC(C(N)=O)CCC2C)cn1. The first-order valence-corrected chi connectivity index (χ1v) is 6.49. The third-order valence-electron chi connectivity index (χ3n) is 3.61. The van der Waals surface area contributed by atoms with Gasteiger partial charge in [-0.2, -0.15) is 0 Å². The fourth-order valence-corrected chi connectivity index (χ4v) is 2.34. The normalized spacial score (nSPS) is 22.4. The largest absolute Gasteiger partial charge is 0.464 e. The van der Waals surface area contributed by atoms with E-state index in [0.717, 1.165) is 12.8 Å². The summed E-state index contributed by atoms with van der Waals surface area (Å²) in [6, 6.07) is 0.254.